The number of aryl methyl sites for hydroxylation is 1. The molecule has 110 valence electrons. The highest BCUT2D eigenvalue weighted by molar-refractivity contribution is 7.09. The van der Waals surface area contributed by atoms with Gasteiger partial charge in [0.25, 0.3) is 0 Å². The highest BCUT2D eigenvalue weighted by atomic mass is 32.1. The summed E-state index contributed by atoms with van der Waals surface area (Å²) in [4.78, 5) is 4.54. The van der Waals surface area contributed by atoms with Gasteiger partial charge in [-0.25, -0.2) is 4.98 Å². The number of rotatable bonds is 5. The van der Waals surface area contributed by atoms with Crippen molar-refractivity contribution in [2.45, 2.75) is 39.9 Å². The molecule has 3 aromatic rings. The van der Waals surface area contributed by atoms with E-state index in [0.29, 0.717) is 6.04 Å². The van der Waals surface area contributed by atoms with Crippen LogP contribution in [0.1, 0.15) is 30.2 Å². The average molecular weight is 300 g/mol. The molecular weight excluding hydrogens is 280 g/mol. The SMILES string of the molecule is Cc1nc(Cn2nc(CNC(C)C)c3ccccc32)cs1. The lowest BCUT2D eigenvalue weighted by Gasteiger charge is -2.05. The summed E-state index contributed by atoms with van der Waals surface area (Å²) >= 11 is 1.69. The number of fused-ring (bicyclic) bond motifs is 1. The van der Waals surface area contributed by atoms with Gasteiger partial charge in [-0.05, 0) is 13.0 Å². The fourth-order valence-corrected chi connectivity index (χ4v) is 2.99. The molecule has 0 fully saturated rings. The van der Waals surface area contributed by atoms with Gasteiger partial charge < -0.3 is 5.32 Å². The van der Waals surface area contributed by atoms with E-state index >= 15 is 0 Å². The molecule has 3 rings (SSSR count). The Labute approximate surface area is 128 Å². The summed E-state index contributed by atoms with van der Waals surface area (Å²) in [7, 11) is 0. The molecule has 0 spiro atoms. The minimum atomic E-state index is 0.454. The van der Waals surface area contributed by atoms with E-state index in [1.54, 1.807) is 11.3 Å². The minimum absolute atomic E-state index is 0.454. The second-order valence-electron chi connectivity index (χ2n) is 5.51. The summed E-state index contributed by atoms with van der Waals surface area (Å²) in [6.07, 6.45) is 0. The van der Waals surface area contributed by atoms with Gasteiger partial charge in [0.1, 0.15) is 0 Å². The first-order valence-corrected chi connectivity index (χ1v) is 8.10. The van der Waals surface area contributed by atoms with Gasteiger partial charge in [0.05, 0.1) is 28.5 Å². The second-order valence-corrected chi connectivity index (χ2v) is 6.58. The third kappa shape index (κ3) is 3.14. The van der Waals surface area contributed by atoms with Crippen LogP contribution in [0.25, 0.3) is 10.9 Å². The third-order valence-electron chi connectivity index (χ3n) is 3.39. The molecule has 0 aliphatic carbocycles. The molecule has 0 aliphatic rings. The van der Waals surface area contributed by atoms with E-state index in [2.05, 4.69) is 58.5 Å². The van der Waals surface area contributed by atoms with Gasteiger partial charge in [0.15, 0.2) is 0 Å². The minimum Gasteiger partial charge on any atom is -0.309 e. The predicted molar refractivity (Wildman–Crippen MR) is 87.7 cm³/mol. The maximum Gasteiger partial charge on any atom is 0.0898 e. The largest absolute Gasteiger partial charge is 0.309 e. The molecule has 0 amide bonds. The Morgan fingerprint density at radius 3 is 2.81 bits per heavy atom. The molecule has 0 bridgehead atoms. The Bertz CT molecular complexity index is 742. The number of nitrogens with zero attached hydrogens (tertiary/aromatic N) is 3. The van der Waals surface area contributed by atoms with Crippen LogP contribution in [0.15, 0.2) is 29.6 Å². The van der Waals surface area contributed by atoms with Crippen molar-refractivity contribution in [3.05, 3.63) is 46.0 Å². The zero-order chi connectivity index (χ0) is 14.8. The number of nitrogens with one attached hydrogen (secondary N) is 1. The van der Waals surface area contributed by atoms with Gasteiger partial charge in [-0.2, -0.15) is 5.10 Å². The van der Waals surface area contributed by atoms with Crippen LogP contribution in [0, 0.1) is 6.92 Å². The summed E-state index contributed by atoms with van der Waals surface area (Å²) in [6, 6.07) is 8.85. The van der Waals surface area contributed by atoms with Crippen LogP contribution in [0.3, 0.4) is 0 Å². The Balaban J connectivity index is 1.94. The van der Waals surface area contributed by atoms with Crippen molar-refractivity contribution in [1.29, 1.82) is 0 Å². The smallest absolute Gasteiger partial charge is 0.0898 e. The number of hydrogen-bond donors (Lipinski definition) is 1. The Kier molecular flexibility index (Phi) is 4.03. The normalized spacial score (nSPS) is 11.6. The van der Waals surface area contributed by atoms with Gasteiger partial charge in [0, 0.05) is 23.4 Å². The van der Waals surface area contributed by atoms with E-state index in [-0.39, 0.29) is 0 Å². The van der Waals surface area contributed by atoms with E-state index in [9.17, 15) is 0 Å². The standard InChI is InChI=1S/C16H20N4S/c1-11(2)17-8-15-14-6-4-5-7-16(14)20(19-15)9-13-10-21-12(3)18-13/h4-7,10-11,17H,8-9H2,1-3H3. The molecule has 0 aliphatic heterocycles. The molecule has 0 unspecified atom stereocenters. The van der Waals surface area contributed by atoms with Crippen molar-refractivity contribution in [3.8, 4) is 0 Å². The van der Waals surface area contributed by atoms with E-state index in [4.69, 9.17) is 5.10 Å². The van der Waals surface area contributed by atoms with Crippen LogP contribution in [0.4, 0.5) is 0 Å². The lowest BCUT2D eigenvalue weighted by atomic mass is 10.2. The summed E-state index contributed by atoms with van der Waals surface area (Å²) in [6.45, 7) is 7.86. The molecule has 1 N–H and O–H groups in total. The number of benzene rings is 1. The van der Waals surface area contributed by atoms with E-state index in [1.165, 1.54) is 10.9 Å². The summed E-state index contributed by atoms with van der Waals surface area (Å²) in [5.41, 5.74) is 3.35. The first kappa shape index (κ1) is 14.2. The van der Waals surface area contributed by atoms with Crippen molar-refractivity contribution in [2.24, 2.45) is 0 Å². The number of thiazole rings is 1. The molecule has 0 radical (unpaired) electrons. The van der Waals surface area contributed by atoms with Gasteiger partial charge in [0.2, 0.25) is 0 Å². The Morgan fingerprint density at radius 2 is 2.10 bits per heavy atom. The average Bonchev–Trinajstić information content (AvgIpc) is 3.02. The second kappa shape index (κ2) is 5.95. The van der Waals surface area contributed by atoms with Crippen LogP contribution in [0.5, 0.6) is 0 Å². The van der Waals surface area contributed by atoms with Crippen molar-refractivity contribution < 1.29 is 0 Å². The molecule has 0 saturated carbocycles. The van der Waals surface area contributed by atoms with Crippen molar-refractivity contribution >= 4 is 22.2 Å². The molecule has 0 saturated heterocycles. The van der Waals surface area contributed by atoms with Crippen molar-refractivity contribution in [1.82, 2.24) is 20.1 Å². The monoisotopic (exact) mass is 300 g/mol. The van der Waals surface area contributed by atoms with E-state index in [1.807, 2.05) is 6.92 Å². The van der Waals surface area contributed by atoms with Crippen molar-refractivity contribution in [3.63, 3.8) is 0 Å². The maximum absolute atomic E-state index is 4.78. The fraction of sp³-hybridized carbons (Fsp3) is 0.375. The molecule has 21 heavy (non-hydrogen) atoms. The van der Waals surface area contributed by atoms with Crippen LogP contribution < -0.4 is 5.32 Å². The van der Waals surface area contributed by atoms with Crippen LogP contribution in [-0.4, -0.2) is 20.8 Å². The highest BCUT2D eigenvalue weighted by Crippen LogP contribution is 2.20. The van der Waals surface area contributed by atoms with E-state index < -0.39 is 0 Å². The van der Waals surface area contributed by atoms with Gasteiger partial charge in [-0.15, -0.1) is 11.3 Å². The lowest BCUT2D eigenvalue weighted by Crippen LogP contribution is -2.22. The zero-order valence-corrected chi connectivity index (χ0v) is 13.4. The molecule has 5 heteroatoms. The topological polar surface area (TPSA) is 42.7 Å². The molecule has 2 aromatic heterocycles. The predicted octanol–water partition coefficient (Wildman–Crippen LogP) is 3.35. The van der Waals surface area contributed by atoms with Crippen molar-refractivity contribution in [2.75, 3.05) is 0 Å². The maximum atomic E-state index is 4.78. The van der Waals surface area contributed by atoms with Crippen LogP contribution in [-0.2, 0) is 13.1 Å². The summed E-state index contributed by atoms with van der Waals surface area (Å²) < 4.78 is 2.06. The van der Waals surface area contributed by atoms with Gasteiger partial charge in [-0.1, -0.05) is 32.0 Å². The third-order valence-corrected chi connectivity index (χ3v) is 4.21. The van der Waals surface area contributed by atoms with Gasteiger partial charge in [-0.3, -0.25) is 4.68 Å². The van der Waals surface area contributed by atoms with Crippen LogP contribution in [0.2, 0.25) is 0 Å². The van der Waals surface area contributed by atoms with E-state index in [0.717, 1.165) is 29.5 Å². The Hall–Kier alpha value is -1.72. The first-order valence-electron chi connectivity index (χ1n) is 7.22. The first-order chi connectivity index (χ1) is 10.1. The number of aromatic nitrogens is 3. The van der Waals surface area contributed by atoms with Gasteiger partial charge >= 0.3 is 0 Å². The van der Waals surface area contributed by atoms with Crippen LogP contribution >= 0.6 is 11.3 Å². The zero-order valence-electron chi connectivity index (χ0n) is 12.6. The molecular formula is C16H20N4S. The molecule has 1 aromatic carbocycles. The highest BCUT2D eigenvalue weighted by Gasteiger charge is 2.11. The quantitative estimate of drug-likeness (QED) is 0.786. The molecule has 4 nitrogen and oxygen atoms in total. The summed E-state index contributed by atoms with van der Waals surface area (Å²) in [5.74, 6) is 0. The molecule has 0 atom stereocenters. The number of hydrogen-bond acceptors (Lipinski definition) is 4. The molecule has 2 heterocycles. The fourth-order valence-electron chi connectivity index (χ4n) is 2.38. The Morgan fingerprint density at radius 1 is 1.29 bits per heavy atom. The lowest BCUT2D eigenvalue weighted by molar-refractivity contribution is 0.572. The summed E-state index contributed by atoms with van der Waals surface area (Å²) in [5, 5.41) is 12.7. The number of para-hydroxylation sites is 1.